The summed E-state index contributed by atoms with van der Waals surface area (Å²) in [5.41, 5.74) is 4.69. The number of hydrogen-bond donors (Lipinski definition) is 2. The molecule has 156 valence electrons. The lowest BCUT2D eigenvalue weighted by Crippen LogP contribution is -2.32. The number of anilines is 2. The summed E-state index contributed by atoms with van der Waals surface area (Å²) in [6.45, 7) is 2.00. The Bertz CT molecular complexity index is 1230. The van der Waals surface area contributed by atoms with Crippen LogP contribution in [0, 0.1) is 6.92 Å². The Morgan fingerprint density at radius 1 is 1.19 bits per heavy atom. The van der Waals surface area contributed by atoms with Gasteiger partial charge in [-0.25, -0.2) is 4.68 Å². The summed E-state index contributed by atoms with van der Waals surface area (Å²) in [4.78, 5) is 25.9. The van der Waals surface area contributed by atoms with Gasteiger partial charge >= 0.3 is 0 Å². The van der Waals surface area contributed by atoms with Crippen molar-refractivity contribution in [2.24, 2.45) is 0 Å². The molecule has 0 saturated carbocycles. The Hall–Kier alpha value is -3.38. The van der Waals surface area contributed by atoms with Crippen LogP contribution in [-0.4, -0.2) is 21.5 Å². The second kappa shape index (κ2) is 7.71. The average molecular weight is 433 g/mol. The highest BCUT2D eigenvalue weighted by Gasteiger charge is 2.37. The lowest BCUT2D eigenvalue weighted by molar-refractivity contribution is -0.116. The molecular weight excluding hydrogens is 412 g/mol. The van der Waals surface area contributed by atoms with Gasteiger partial charge in [0.25, 0.3) is 5.91 Å². The minimum atomic E-state index is -0.418. The number of nitrogens with zero attached hydrogens (tertiary/aromatic N) is 2. The van der Waals surface area contributed by atoms with E-state index in [1.807, 2.05) is 49.4 Å². The fourth-order valence-corrected chi connectivity index (χ4v) is 4.44. The maximum Gasteiger partial charge on any atom is 0.261 e. The van der Waals surface area contributed by atoms with Gasteiger partial charge in [-0.15, -0.1) is 0 Å². The quantitative estimate of drug-likeness (QED) is 0.602. The number of halogens is 1. The molecule has 1 aliphatic heterocycles. The molecular formula is C24H21ClN4O2. The number of rotatable bonds is 3. The highest BCUT2D eigenvalue weighted by atomic mass is 35.5. The summed E-state index contributed by atoms with van der Waals surface area (Å²) in [6, 6.07) is 14.7. The van der Waals surface area contributed by atoms with Crippen molar-refractivity contribution in [1.82, 2.24) is 9.78 Å². The van der Waals surface area contributed by atoms with Crippen LogP contribution >= 0.6 is 11.6 Å². The summed E-state index contributed by atoms with van der Waals surface area (Å²) in [5.74, 6) is 0.433. The molecule has 0 fully saturated rings. The first-order chi connectivity index (χ1) is 15.0. The van der Waals surface area contributed by atoms with Gasteiger partial charge in [0.2, 0.25) is 0 Å². The smallest absolute Gasteiger partial charge is 0.261 e. The fraction of sp³-hybridized carbons (Fsp3) is 0.208. The number of aryl methyl sites for hydroxylation is 1. The second-order valence-corrected chi connectivity index (χ2v) is 8.36. The molecule has 2 aromatic carbocycles. The van der Waals surface area contributed by atoms with Crippen molar-refractivity contribution >= 4 is 34.8 Å². The maximum absolute atomic E-state index is 13.0. The molecule has 31 heavy (non-hydrogen) atoms. The van der Waals surface area contributed by atoms with E-state index in [9.17, 15) is 9.59 Å². The van der Waals surface area contributed by atoms with E-state index in [1.54, 1.807) is 16.9 Å². The van der Waals surface area contributed by atoms with Gasteiger partial charge in [0.15, 0.2) is 5.78 Å². The van der Waals surface area contributed by atoms with Gasteiger partial charge < -0.3 is 10.6 Å². The summed E-state index contributed by atoms with van der Waals surface area (Å²) < 4.78 is 1.72. The number of amides is 1. The number of hydrogen-bond acceptors (Lipinski definition) is 4. The lowest BCUT2D eigenvalue weighted by atomic mass is 9.85. The van der Waals surface area contributed by atoms with Crippen LogP contribution in [0.4, 0.5) is 11.5 Å². The Morgan fingerprint density at radius 3 is 2.77 bits per heavy atom. The van der Waals surface area contributed by atoms with Crippen LogP contribution in [-0.2, 0) is 4.79 Å². The van der Waals surface area contributed by atoms with E-state index in [2.05, 4.69) is 15.7 Å². The van der Waals surface area contributed by atoms with Gasteiger partial charge in [0, 0.05) is 28.4 Å². The molecule has 0 spiro atoms. The first-order valence-electron chi connectivity index (χ1n) is 10.3. The molecule has 3 aromatic rings. The molecule has 5 rings (SSSR count). The Morgan fingerprint density at radius 2 is 2.00 bits per heavy atom. The molecule has 2 aliphatic rings. The third-order valence-electron chi connectivity index (χ3n) is 5.76. The van der Waals surface area contributed by atoms with Crippen LogP contribution in [0.15, 0.2) is 66.0 Å². The van der Waals surface area contributed by atoms with Crippen LogP contribution in [0.3, 0.4) is 0 Å². The van der Waals surface area contributed by atoms with Crippen LogP contribution in [0.5, 0.6) is 0 Å². The number of nitrogens with one attached hydrogen (secondary N) is 2. The fourth-order valence-electron chi connectivity index (χ4n) is 4.24. The first-order valence-corrected chi connectivity index (χ1v) is 10.6. The summed E-state index contributed by atoms with van der Waals surface area (Å²) in [7, 11) is 0. The predicted octanol–water partition coefficient (Wildman–Crippen LogP) is 5.12. The zero-order chi connectivity index (χ0) is 21.5. The van der Waals surface area contributed by atoms with Crippen molar-refractivity contribution in [1.29, 1.82) is 0 Å². The SMILES string of the molecule is Cc1ccc(NC(=O)c2cnn3c2NC2=C(C(=O)CCC2)[C@H]3c2cccc(Cl)c2)cc1. The normalized spacial score (nSPS) is 17.6. The van der Waals surface area contributed by atoms with E-state index in [0.29, 0.717) is 34.1 Å². The summed E-state index contributed by atoms with van der Waals surface area (Å²) in [5, 5.41) is 11.4. The molecule has 0 bridgehead atoms. The number of aromatic nitrogens is 2. The average Bonchev–Trinajstić information content (AvgIpc) is 3.18. The Kier molecular flexibility index (Phi) is 4.87. The van der Waals surface area contributed by atoms with Crippen LogP contribution in [0.2, 0.25) is 5.02 Å². The number of allylic oxidation sites excluding steroid dienone is 2. The molecule has 1 aromatic heterocycles. The van der Waals surface area contributed by atoms with Crippen molar-refractivity contribution in [2.75, 3.05) is 10.6 Å². The second-order valence-electron chi connectivity index (χ2n) is 7.92. The third kappa shape index (κ3) is 3.53. The van der Waals surface area contributed by atoms with Crippen molar-refractivity contribution in [3.8, 4) is 0 Å². The molecule has 7 heteroatoms. The van der Waals surface area contributed by atoms with Crippen molar-refractivity contribution < 1.29 is 9.59 Å². The standard InChI is InChI=1S/C24H21ClN4O2/c1-14-8-10-17(11-9-14)27-24(31)18-13-26-29-22(15-4-2-5-16(25)12-15)21-19(28-23(18)29)6-3-7-20(21)30/h2,4-5,8-13,22,28H,3,6-7H2,1H3,(H,27,31)/t22-/m1/s1. The van der Waals surface area contributed by atoms with Gasteiger partial charge in [0.05, 0.1) is 6.20 Å². The van der Waals surface area contributed by atoms with Crippen molar-refractivity contribution in [3.63, 3.8) is 0 Å². The molecule has 1 atom stereocenters. The predicted molar refractivity (Wildman–Crippen MR) is 120 cm³/mol. The van der Waals surface area contributed by atoms with Gasteiger partial charge in [-0.1, -0.05) is 41.4 Å². The lowest BCUT2D eigenvalue weighted by Gasteiger charge is -2.33. The van der Waals surface area contributed by atoms with Crippen LogP contribution in [0.25, 0.3) is 0 Å². The molecule has 2 N–H and O–H groups in total. The largest absolute Gasteiger partial charge is 0.343 e. The van der Waals surface area contributed by atoms with Gasteiger partial charge in [-0.05, 0) is 49.6 Å². The molecule has 0 radical (unpaired) electrons. The first kappa shape index (κ1) is 19.6. The van der Waals surface area contributed by atoms with Gasteiger partial charge in [0.1, 0.15) is 17.4 Å². The number of ketones is 1. The summed E-state index contributed by atoms with van der Waals surface area (Å²) in [6.07, 6.45) is 3.59. The Balaban J connectivity index is 1.57. The van der Waals surface area contributed by atoms with E-state index in [1.165, 1.54) is 0 Å². The maximum atomic E-state index is 13.0. The number of benzene rings is 2. The zero-order valence-electron chi connectivity index (χ0n) is 17.0. The molecule has 0 unspecified atom stereocenters. The highest BCUT2D eigenvalue weighted by molar-refractivity contribution is 6.30. The molecule has 2 heterocycles. The van der Waals surface area contributed by atoms with E-state index in [0.717, 1.165) is 29.7 Å². The molecule has 0 saturated heterocycles. The van der Waals surface area contributed by atoms with Gasteiger partial charge in [-0.2, -0.15) is 5.10 Å². The minimum Gasteiger partial charge on any atom is -0.343 e. The topological polar surface area (TPSA) is 76.0 Å². The van der Waals surface area contributed by atoms with E-state index in [-0.39, 0.29) is 11.7 Å². The minimum absolute atomic E-state index is 0.102. The molecule has 1 amide bonds. The monoisotopic (exact) mass is 432 g/mol. The van der Waals surface area contributed by atoms with Crippen molar-refractivity contribution in [3.05, 3.63) is 87.7 Å². The van der Waals surface area contributed by atoms with Gasteiger partial charge in [-0.3, -0.25) is 9.59 Å². The Labute approximate surface area is 184 Å². The number of fused-ring (bicyclic) bond motifs is 1. The van der Waals surface area contributed by atoms with E-state index in [4.69, 9.17) is 11.6 Å². The third-order valence-corrected chi connectivity index (χ3v) is 5.99. The van der Waals surface area contributed by atoms with Crippen LogP contribution < -0.4 is 10.6 Å². The van der Waals surface area contributed by atoms with E-state index < -0.39 is 6.04 Å². The van der Waals surface area contributed by atoms with Crippen molar-refractivity contribution in [2.45, 2.75) is 32.2 Å². The summed E-state index contributed by atoms with van der Waals surface area (Å²) >= 11 is 6.25. The van der Waals surface area contributed by atoms with Crippen LogP contribution in [0.1, 0.15) is 46.8 Å². The van der Waals surface area contributed by atoms with E-state index >= 15 is 0 Å². The highest BCUT2D eigenvalue weighted by Crippen LogP contribution is 2.42. The number of Topliss-reactive ketones (excluding diaryl/α,β-unsaturated/α-hetero) is 1. The number of carbonyl (C=O) groups is 2. The number of carbonyl (C=O) groups excluding carboxylic acids is 2. The molecule has 1 aliphatic carbocycles. The zero-order valence-corrected chi connectivity index (χ0v) is 17.7. The molecule has 6 nitrogen and oxygen atoms in total.